The Morgan fingerprint density at radius 2 is 1.81 bits per heavy atom. The van der Waals surface area contributed by atoms with E-state index in [9.17, 15) is 18.0 Å². The zero-order valence-electron chi connectivity index (χ0n) is 13.4. The standard InChI is InChI=1S/C19H14F3NO2S/c20-19(21,22)14-5-1-3-12(9-14)11-23-15-6-2-4-13(10-15)16-7-8-17(26-16)18(24)25/h1-10,23H,11H2,(H,24,25). The number of halogens is 3. The minimum Gasteiger partial charge on any atom is -0.477 e. The molecule has 0 aliphatic carbocycles. The predicted octanol–water partition coefficient (Wildman–Crippen LogP) is 5.74. The van der Waals surface area contributed by atoms with E-state index in [4.69, 9.17) is 5.11 Å². The van der Waals surface area contributed by atoms with Gasteiger partial charge < -0.3 is 10.4 Å². The lowest BCUT2D eigenvalue weighted by atomic mass is 10.1. The molecule has 3 aromatic rings. The number of anilines is 1. The summed E-state index contributed by atoms with van der Waals surface area (Å²) in [5.74, 6) is -0.972. The van der Waals surface area contributed by atoms with Crippen molar-refractivity contribution < 1.29 is 23.1 Å². The number of rotatable bonds is 5. The number of hydrogen-bond acceptors (Lipinski definition) is 3. The molecule has 2 aromatic carbocycles. The van der Waals surface area contributed by atoms with Crippen LogP contribution in [0.3, 0.4) is 0 Å². The quantitative estimate of drug-likeness (QED) is 0.596. The van der Waals surface area contributed by atoms with Crippen molar-refractivity contribution in [3.63, 3.8) is 0 Å². The number of benzene rings is 2. The fraction of sp³-hybridized carbons (Fsp3) is 0.105. The van der Waals surface area contributed by atoms with E-state index in [1.165, 1.54) is 17.4 Å². The molecule has 134 valence electrons. The van der Waals surface area contributed by atoms with Crippen molar-refractivity contribution in [2.45, 2.75) is 12.7 Å². The number of hydrogen-bond donors (Lipinski definition) is 2. The first kappa shape index (κ1) is 18.0. The molecular weight excluding hydrogens is 363 g/mol. The van der Waals surface area contributed by atoms with E-state index in [0.29, 0.717) is 5.56 Å². The van der Waals surface area contributed by atoms with Gasteiger partial charge in [-0.2, -0.15) is 13.2 Å². The molecule has 1 aromatic heterocycles. The van der Waals surface area contributed by atoms with Crippen LogP contribution in [0.1, 0.15) is 20.8 Å². The van der Waals surface area contributed by atoms with E-state index in [1.54, 1.807) is 18.2 Å². The zero-order chi connectivity index (χ0) is 18.7. The van der Waals surface area contributed by atoms with Crippen molar-refractivity contribution in [2.75, 3.05) is 5.32 Å². The molecule has 0 aliphatic heterocycles. The Hall–Kier alpha value is -2.80. The van der Waals surface area contributed by atoms with Gasteiger partial charge in [0, 0.05) is 17.1 Å². The fourth-order valence-corrected chi connectivity index (χ4v) is 3.29. The van der Waals surface area contributed by atoms with Crippen LogP contribution in [0.5, 0.6) is 0 Å². The topological polar surface area (TPSA) is 49.3 Å². The van der Waals surface area contributed by atoms with Crippen LogP contribution in [-0.4, -0.2) is 11.1 Å². The molecule has 0 saturated heterocycles. The van der Waals surface area contributed by atoms with Gasteiger partial charge in [0.25, 0.3) is 0 Å². The molecule has 2 N–H and O–H groups in total. The maximum atomic E-state index is 12.8. The molecule has 1 heterocycles. The van der Waals surface area contributed by atoms with Crippen LogP contribution in [0.2, 0.25) is 0 Å². The number of nitrogens with one attached hydrogen (secondary N) is 1. The number of carboxylic acids is 1. The molecule has 0 amide bonds. The molecule has 3 rings (SSSR count). The van der Waals surface area contributed by atoms with E-state index >= 15 is 0 Å². The molecule has 26 heavy (non-hydrogen) atoms. The second-order valence-corrected chi connectivity index (χ2v) is 6.69. The normalized spacial score (nSPS) is 11.3. The molecule has 3 nitrogen and oxygen atoms in total. The summed E-state index contributed by atoms with van der Waals surface area (Å²) in [5.41, 5.74) is 1.43. The SMILES string of the molecule is O=C(O)c1ccc(-c2cccc(NCc3cccc(C(F)(F)F)c3)c2)s1. The van der Waals surface area contributed by atoms with Gasteiger partial charge in [0.1, 0.15) is 4.88 Å². The van der Waals surface area contributed by atoms with Crippen LogP contribution in [0, 0.1) is 0 Å². The number of aromatic carboxylic acids is 1. The highest BCUT2D eigenvalue weighted by Gasteiger charge is 2.30. The molecule has 0 spiro atoms. The zero-order valence-corrected chi connectivity index (χ0v) is 14.2. The van der Waals surface area contributed by atoms with Crippen molar-refractivity contribution in [3.05, 3.63) is 76.7 Å². The van der Waals surface area contributed by atoms with E-state index in [0.717, 1.165) is 28.3 Å². The van der Waals surface area contributed by atoms with Gasteiger partial charge in [0.15, 0.2) is 0 Å². The van der Waals surface area contributed by atoms with Crippen molar-refractivity contribution in [1.29, 1.82) is 0 Å². The maximum Gasteiger partial charge on any atom is 0.416 e. The number of carboxylic acid groups (broad SMARTS) is 1. The molecule has 0 aliphatic rings. The van der Waals surface area contributed by atoms with Gasteiger partial charge in [0.05, 0.1) is 5.56 Å². The van der Waals surface area contributed by atoms with Gasteiger partial charge in [-0.05, 0) is 47.5 Å². The molecular formula is C19H14F3NO2S. The van der Waals surface area contributed by atoms with Crippen LogP contribution in [-0.2, 0) is 12.7 Å². The molecule has 7 heteroatoms. The second-order valence-electron chi connectivity index (χ2n) is 5.60. The summed E-state index contributed by atoms with van der Waals surface area (Å²) in [7, 11) is 0. The molecule has 0 fully saturated rings. The van der Waals surface area contributed by atoms with Crippen molar-refractivity contribution in [2.24, 2.45) is 0 Å². The summed E-state index contributed by atoms with van der Waals surface area (Å²) < 4.78 is 38.3. The Bertz CT molecular complexity index is 934. The molecule has 0 atom stereocenters. The van der Waals surface area contributed by atoms with Crippen LogP contribution >= 0.6 is 11.3 Å². The Morgan fingerprint density at radius 1 is 1.04 bits per heavy atom. The number of carbonyl (C=O) groups is 1. The molecule has 0 bridgehead atoms. The second kappa shape index (κ2) is 7.21. The summed E-state index contributed by atoms with van der Waals surface area (Å²) >= 11 is 1.17. The summed E-state index contributed by atoms with van der Waals surface area (Å²) in [6.07, 6.45) is -4.36. The highest BCUT2D eigenvalue weighted by molar-refractivity contribution is 7.17. The van der Waals surface area contributed by atoms with Gasteiger partial charge in [-0.3, -0.25) is 0 Å². The first-order valence-corrected chi connectivity index (χ1v) is 8.48. The first-order valence-electron chi connectivity index (χ1n) is 7.66. The Labute approximate surface area is 151 Å². The molecule has 0 radical (unpaired) electrons. The highest BCUT2D eigenvalue weighted by atomic mass is 32.1. The third-order valence-corrected chi connectivity index (χ3v) is 4.84. The lowest BCUT2D eigenvalue weighted by molar-refractivity contribution is -0.137. The maximum absolute atomic E-state index is 12.8. The third kappa shape index (κ3) is 4.23. The van der Waals surface area contributed by atoms with Gasteiger partial charge in [0.2, 0.25) is 0 Å². The Balaban J connectivity index is 1.74. The number of alkyl halides is 3. The van der Waals surface area contributed by atoms with Gasteiger partial charge >= 0.3 is 12.1 Å². The minimum atomic E-state index is -4.36. The van der Waals surface area contributed by atoms with Crippen molar-refractivity contribution in [1.82, 2.24) is 0 Å². The number of thiophene rings is 1. The Morgan fingerprint density at radius 3 is 2.50 bits per heavy atom. The van der Waals surface area contributed by atoms with E-state index in [1.807, 2.05) is 24.3 Å². The molecule has 0 saturated carbocycles. The largest absolute Gasteiger partial charge is 0.477 e. The summed E-state index contributed by atoms with van der Waals surface area (Å²) in [5, 5.41) is 12.1. The van der Waals surface area contributed by atoms with Crippen LogP contribution in [0.15, 0.2) is 60.7 Å². The average molecular weight is 377 g/mol. The van der Waals surface area contributed by atoms with Gasteiger partial charge in [-0.15, -0.1) is 11.3 Å². The van der Waals surface area contributed by atoms with Crippen molar-refractivity contribution >= 4 is 23.0 Å². The monoisotopic (exact) mass is 377 g/mol. The van der Waals surface area contributed by atoms with Crippen LogP contribution in [0.25, 0.3) is 10.4 Å². The minimum absolute atomic E-state index is 0.248. The first-order chi connectivity index (χ1) is 12.3. The van der Waals surface area contributed by atoms with E-state index < -0.39 is 17.7 Å². The molecule has 0 unspecified atom stereocenters. The van der Waals surface area contributed by atoms with Gasteiger partial charge in [-0.25, -0.2) is 4.79 Å². The third-order valence-electron chi connectivity index (χ3n) is 3.71. The van der Waals surface area contributed by atoms with Crippen molar-refractivity contribution in [3.8, 4) is 10.4 Å². The van der Waals surface area contributed by atoms with E-state index in [2.05, 4.69) is 5.32 Å². The summed E-state index contributed by atoms with van der Waals surface area (Å²) in [6.45, 7) is 0.248. The summed E-state index contributed by atoms with van der Waals surface area (Å²) in [4.78, 5) is 12.1. The van der Waals surface area contributed by atoms with Crippen LogP contribution < -0.4 is 5.32 Å². The van der Waals surface area contributed by atoms with Crippen LogP contribution in [0.4, 0.5) is 18.9 Å². The van der Waals surface area contributed by atoms with Gasteiger partial charge in [-0.1, -0.05) is 24.3 Å². The summed E-state index contributed by atoms with van der Waals surface area (Å²) in [6, 6.07) is 15.8. The van der Waals surface area contributed by atoms with E-state index in [-0.39, 0.29) is 11.4 Å². The highest BCUT2D eigenvalue weighted by Crippen LogP contribution is 2.31. The lowest BCUT2D eigenvalue weighted by Crippen LogP contribution is -2.06. The average Bonchev–Trinajstić information content (AvgIpc) is 3.10. The predicted molar refractivity (Wildman–Crippen MR) is 95.5 cm³/mol. The lowest BCUT2D eigenvalue weighted by Gasteiger charge is -2.11. The Kier molecular flexibility index (Phi) is 4.99. The smallest absolute Gasteiger partial charge is 0.416 e. The fourth-order valence-electron chi connectivity index (χ4n) is 2.45.